The van der Waals surface area contributed by atoms with Crippen molar-refractivity contribution in [1.29, 1.82) is 0 Å². The van der Waals surface area contributed by atoms with Crippen molar-refractivity contribution in [1.82, 2.24) is 24.7 Å². The second-order valence-corrected chi connectivity index (χ2v) is 8.30. The van der Waals surface area contributed by atoms with Crippen molar-refractivity contribution in [2.45, 2.75) is 10.9 Å². The van der Waals surface area contributed by atoms with Gasteiger partial charge in [-0.25, -0.2) is 4.98 Å². The summed E-state index contributed by atoms with van der Waals surface area (Å²) in [5.74, 6) is 2.14. The molecule has 0 amide bonds. The van der Waals surface area contributed by atoms with E-state index < -0.39 is 0 Å². The van der Waals surface area contributed by atoms with Crippen molar-refractivity contribution >= 4 is 34.3 Å². The smallest absolute Gasteiger partial charge is 0.196 e. The molecule has 2 aromatic carbocycles. The van der Waals surface area contributed by atoms with Gasteiger partial charge in [-0.05, 0) is 48.5 Å². The van der Waals surface area contributed by atoms with Gasteiger partial charge >= 0.3 is 0 Å². The summed E-state index contributed by atoms with van der Waals surface area (Å²) in [5, 5.41) is 11.3. The van der Waals surface area contributed by atoms with Gasteiger partial charge in [0.25, 0.3) is 0 Å². The molecule has 0 unspecified atom stereocenters. The molecule has 5 aromatic rings. The molecule has 0 spiro atoms. The summed E-state index contributed by atoms with van der Waals surface area (Å²) in [5.41, 5.74) is 3.70. The fourth-order valence-corrected chi connectivity index (χ4v) is 4.61. The fraction of sp³-hybridized carbons (Fsp3) is 0.0833. The maximum Gasteiger partial charge on any atom is 0.196 e. The van der Waals surface area contributed by atoms with Gasteiger partial charge in [0, 0.05) is 40.3 Å². The molecule has 6 nitrogen and oxygen atoms in total. The number of halogens is 1. The van der Waals surface area contributed by atoms with Crippen molar-refractivity contribution in [2.24, 2.45) is 0 Å². The van der Waals surface area contributed by atoms with Gasteiger partial charge in [-0.1, -0.05) is 41.6 Å². The number of hydrogen-bond donors (Lipinski definition) is 0. The number of ether oxygens (including phenoxy) is 1. The van der Waals surface area contributed by atoms with Crippen LogP contribution in [-0.4, -0.2) is 31.8 Å². The summed E-state index contributed by atoms with van der Waals surface area (Å²) in [6.07, 6.45) is 3.49. The standard InChI is InChI=1S/C24H18ClN5OS/c1-31-20-8-6-19(7-9-20)30-23(16-10-12-26-13-11-16)28-29-24(30)32-15-18-14-17-4-2-3-5-21(17)27-22(18)25/h2-14H,15H2,1H3. The van der Waals surface area contributed by atoms with Crippen molar-refractivity contribution in [3.63, 3.8) is 0 Å². The van der Waals surface area contributed by atoms with E-state index in [1.54, 1.807) is 31.3 Å². The van der Waals surface area contributed by atoms with Gasteiger partial charge in [0.15, 0.2) is 11.0 Å². The zero-order valence-corrected chi connectivity index (χ0v) is 18.7. The molecule has 0 aliphatic carbocycles. The predicted octanol–water partition coefficient (Wildman–Crippen LogP) is 5.83. The van der Waals surface area contributed by atoms with Gasteiger partial charge in [0.2, 0.25) is 0 Å². The molecule has 3 heterocycles. The normalized spacial score (nSPS) is 11.1. The first kappa shape index (κ1) is 20.5. The van der Waals surface area contributed by atoms with Crippen LogP contribution in [0, 0.1) is 0 Å². The Bertz CT molecular complexity index is 1370. The highest BCUT2D eigenvalue weighted by molar-refractivity contribution is 7.98. The topological polar surface area (TPSA) is 65.7 Å². The van der Waals surface area contributed by atoms with Crippen LogP contribution in [-0.2, 0) is 5.75 Å². The van der Waals surface area contributed by atoms with Crippen LogP contribution in [0.3, 0.4) is 0 Å². The van der Waals surface area contributed by atoms with Crippen LogP contribution in [0.4, 0.5) is 0 Å². The summed E-state index contributed by atoms with van der Waals surface area (Å²) >= 11 is 8.03. The molecule has 0 bridgehead atoms. The molecule has 158 valence electrons. The minimum absolute atomic E-state index is 0.501. The molecule has 0 radical (unpaired) electrons. The van der Waals surface area contributed by atoms with Crippen molar-refractivity contribution in [3.8, 4) is 22.8 Å². The highest BCUT2D eigenvalue weighted by Gasteiger charge is 2.17. The average molecular weight is 460 g/mol. The molecule has 0 saturated heterocycles. The number of aromatic nitrogens is 5. The Labute approximate surface area is 194 Å². The third-order valence-electron chi connectivity index (χ3n) is 5.01. The van der Waals surface area contributed by atoms with E-state index in [1.807, 2.05) is 65.2 Å². The van der Waals surface area contributed by atoms with E-state index in [9.17, 15) is 0 Å². The van der Waals surface area contributed by atoms with E-state index in [2.05, 4.69) is 26.2 Å². The molecule has 0 aliphatic heterocycles. The summed E-state index contributed by atoms with van der Waals surface area (Å²) in [4.78, 5) is 8.64. The largest absolute Gasteiger partial charge is 0.497 e. The molecule has 5 rings (SSSR count). The van der Waals surface area contributed by atoms with E-state index >= 15 is 0 Å². The van der Waals surface area contributed by atoms with Crippen LogP contribution in [0.25, 0.3) is 28.0 Å². The van der Waals surface area contributed by atoms with Crippen molar-refractivity contribution in [3.05, 3.63) is 89.8 Å². The first-order chi connectivity index (χ1) is 15.7. The second kappa shape index (κ2) is 8.98. The first-order valence-corrected chi connectivity index (χ1v) is 11.3. The van der Waals surface area contributed by atoms with Gasteiger partial charge in [0.05, 0.1) is 12.6 Å². The van der Waals surface area contributed by atoms with Crippen molar-refractivity contribution < 1.29 is 4.74 Å². The average Bonchev–Trinajstić information content (AvgIpc) is 3.27. The molecular weight excluding hydrogens is 442 g/mol. The van der Waals surface area contributed by atoms with Crippen molar-refractivity contribution in [2.75, 3.05) is 7.11 Å². The van der Waals surface area contributed by atoms with Crippen LogP contribution < -0.4 is 4.74 Å². The SMILES string of the molecule is COc1ccc(-n2c(SCc3cc4ccccc4nc3Cl)nnc2-c2ccncc2)cc1. The third kappa shape index (κ3) is 4.04. The van der Waals surface area contributed by atoms with Crippen LogP contribution in [0.15, 0.2) is 84.3 Å². The predicted molar refractivity (Wildman–Crippen MR) is 127 cm³/mol. The highest BCUT2D eigenvalue weighted by atomic mass is 35.5. The van der Waals surface area contributed by atoms with E-state index in [1.165, 1.54) is 0 Å². The van der Waals surface area contributed by atoms with E-state index in [-0.39, 0.29) is 0 Å². The number of methoxy groups -OCH3 is 1. The minimum Gasteiger partial charge on any atom is -0.497 e. The number of para-hydroxylation sites is 1. The van der Waals surface area contributed by atoms with Gasteiger partial charge in [-0.2, -0.15) is 0 Å². The lowest BCUT2D eigenvalue weighted by Crippen LogP contribution is -2.00. The number of thioether (sulfide) groups is 1. The molecule has 0 N–H and O–H groups in total. The number of pyridine rings is 2. The number of hydrogen-bond acceptors (Lipinski definition) is 6. The van der Waals surface area contributed by atoms with Crippen LogP contribution >= 0.6 is 23.4 Å². The lowest BCUT2D eigenvalue weighted by Gasteiger charge is -2.11. The third-order valence-corrected chi connectivity index (χ3v) is 6.31. The Hall–Kier alpha value is -3.42. The number of benzene rings is 2. The molecule has 0 fully saturated rings. The lowest BCUT2D eigenvalue weighted by atomic mass is 10.2. The van der Waals surface area contributed by atoms with E-state index in [0.717, 1.165) is 44.4 Å². The number of fused-ring (bicyclic) bond motifs is 1. The molecule has 0 aliphatic rings. The summed E-state index contributed by atoms with van der Waals surface area (Å²) < 4.78 is 7.34. The second-order valence-electron chi connectivity index (χ2n) is 7.00. The molecule has 8 heteroatoms. The zero-order chi connectivity index (χ0) is 21.9. The summed E-state index contributed by atoms with van der Waals surface area (Å²) in [6, 6.07) is 21.7. The van der Waals surface area contributed by atoms with Gasteiger partial charge in [-0.3, -0.25) is 9.55 Å². The monoisotopic (exact) mass is 459 g/mol. The minimum atomic E-state index is 0.501. The van der Waals surface area contributed by atoms with Gasteiger partial charge in [0.1, 0.15) is 10.9 Å². The summed E-state index contributed by atoms with van der Waals surface area (Å²) in [6.45, 7) is 0. The molecule has 0 saturated carbocycles. The first-order valence-electron chi connectivity index (χ1n) is 9.90. The molecular formula is C24H18ClN5OS. The number of nitrogens with zero attached hydrogens (tertiary/aromatic N) is 5. The van der Waals surface area contributed by atoms with Crippen LogP contribution in [0.5, 0.6) is 5.75 Å². The fourth-order valence-electron chi connectivity index (χ4n) is 3.40. The quantitative estimate of drug-likeness (QED) is 0.235. The molecule has 3 aromatic heterocycles. The van der Waals surface area contributed by atoms with Crippen LogP contribution in [0.1, 0.15) is 5.56 Å². The van der Waals surface area contributed by atoms with Crippen LogP contribution in [0.2, 0.25) is 5.15 Å². The van der Waals surface area contributed by atoms with E-state index in [4.69, 9.17) is 16.3 Å². The maximum absolute atomic E-state index is 6.47. The number of rotatable bonds is 6. The van der Waals surface area contributed by atoms with E-state index in [0.29, 0.717) is 10.9 Å². The summed E-state index contributed by atoms with van der Waals surface area (Å²) in [7, 11) is 1.65. The van der Waals surface area contributed by atoms with Gasteiger partial charge < -0.3 is 4.74 Å². The Balaban J connectivity index is 1.52. The highest BCUT2D eigenvalue weighted by Crippen LogP contribution is 2.32. The Morgan fingerprint density at radius 3 is 2.53 bits per heavy atom. The Morgan fingerprint density at radius 1 is 0.969 bits per heavy atom. The molecule has 0 atom stereocenters. The molecule has 32 heavy (non-hydrogen) atoms. The Morgan fingerprint density at radius 2 is 1.75 bits per heavy atom. The Kier molecular flexibility index (Phi) is 5.75. The van der Waals surface area contributed by atoms with Gasteiger partial charge in [-0.15, -0.1) is 10.2 Å². The maximum atomic E-state index is 6.47. The zero-order valence-electron chi connectivity index (χ0n) is 17.1. The lowest BCUT2D eigenvalue weighted by molar-refractivity contribution is 0.414.